The summed E-state index contributed by atoms with van der Waals surface area (Å²) in [4.78, 5) is 18.6. The smallest absolute Gasteiger partial charge is 0.308 e. The summed E-state index contributed by atoms with van der Waals surface area (Å²) in [6, 6.07) is 0. The van der Waals surface area contributed by atoms with Crippen molar-refractivity contribution in [2.75, 3.05) is 33.3 Å². The van der Waals surface area contributed by atoms with Crippen LogP contribution in [0.2, 0.25) is 0 Å². The summed E-state index contributed by atoms with van der Waals surface area (Å²) < 4.78 is 4.84. The minimum atomic E-state index is -0.0754. The van der Waals surface area contributed by atoms with Crippen LogP contribution in [0.5, 0.6) is 0 Å². The summed E-state index contributed by atoms with van der Waals surface area (Å²) in [7, 11) is 1.47. The molecule has 0 aromatic carbocycles. The van der Waals surface area contributed by atoms with Crippen LogP contribution in [0.15, 0.2) is 4.99 Å². The SMILES string of the molecule is CCNC(=NCC(CC)CC)N1CCC(C(=O)OC)CC1. The number of esters is 1. The second-order valence-corrected chi connectivity index (χ2v) is 5.66. The highest BCUT2D eigenvalue weighted by Crippen LogP contribution is 2.18. The van der Waals surface area contributed by atoms with E-state index in [1.807, 2.05) is 0 Å². The Morgan fingerprint density at radius 1 is 1.29 bits per heavy atom. The number of piperidine rings is 1. The average molecular weight is 297 g/mol. The van der Waals surface area contributed by atoms with Crippen LogP contribution in [0.4, 0.5) is 0 Å². The lowest BCUT2D eigenvalue weighted by Crippen LogP contribution is -2.46. The quantitative estimate of drug-likeness (QED) is 0.464. The summed E-state index contributed by atoms with van der Waals surface area (Å²) >= 11 is 0. The lowest BCUT2D eigenvalue weighted by molar-refractivity contribution is -0.146. The molecule has 5 heteroatoms. The zero-order valence-electron chi connectivity index (χ0n) is 14.0. The van der Waals surface area contributed by atoms with Crippen LogP contribution in [-0.2, 0) is 9.53 Å². The first-order valence-electron chi connectivity index (χ1n) is 8.27. The van der Waals surface area contributed by atoms with Crippen molar-refractivity contribution in [3.8, 4) is 0 Å². The fourth-order valence-corrected chi connectivity index (χ4v) is 2.68. The molecule has 21 heavy (non-hydrogen) atoms. The van der Waals surface area contributed by atoms with Gasteiger partial charge in [0.15, 0.2) is 5.96 Å². The van der Waals surface area contributed by atoms with Gasteiger partial charge in [0.25, 0.3) is 0 Å². The van der Waals surface area contributed by atoms with E-state index in [-0.39, 0.29) is 11.9 Å². The molecule has 1 aliphatic heterocycles. The first-order valence-corrected chi connectivity index (χ1v) is 8.27. The number of carbonyl (C=O) groups excluding carboxylic acids is 1. The van der Waals surface area contributed by atoms with E-state index in [9.17, 15) is 4.79 Å². The summed E-state index contributed by atoms with van der Waals surface area (Å²) in [6.45, 7) is 10.0. The van der Waals surface area contributed by atoms with E-state index < -0.39 is 0 Å². The van der Waals surface area contributed by atoms with Gasteiger partial charge >= 0.3 is 5.97 Å². The number of rotatable bonds is 6. The number of hydrogen-bond donors (Lipinski definition) is 1. The maximum Gasteiger partial charge on any atom is 0.308 e. The van der Waals surface area contributed by atoms with Crippen LogP contribution in [-0.4, -0.2) is 50.1 Å². The van der Waals surface area contributed by atoms with Crippen molar-refractivity contribution in [2.24, 2.45) is 16.8 Å². The van der Waals surface area contributed by atoms with Crippen molar-refractivity contribution < 1.29 is 9.53 Å². The molecule has 5 nitrogen and oxygen atoms in total. The van der Waals surface area contributed by atoms with Crippen LogP contribution in [0.3, 0.4) is 0 Å². The van der Waals surface area contributed by atoms with Crippen LogP contribution in [0.25, 0.3) is 0 Å². The van der Waals surface area contributed by atoms with E-state index >= 15 is 0 Å². The molecule has 0 aliphatic carbocycles. The normalized spacial score (nSPS) is 17.2. The molecule has 0 spiro atoms. The lowest BCUT2D eigenvalue weighted by Gasteiger charge is -2.33. The molecule has 1 heterocycles. The molecule has 122 valence electrons. The minimum Gasteiger partial charge on any atom is -0.469 e. The van der Waals surface area contributed by atoms with Gasteiger partial charge in [-0.3, -0.25) is 9.79 Å². The summed E-state index contributed by atoms with van der Waals surface area (Å²) in [6.07, 6.45) is 4.04. The van der Waals surface area contributed by atoms with Gasteiger partial charge in [-0.05, 0) is 25.7 Å². The Morgan fingerprint density at radius 3 is 2.38 bits per heavy atom. The Balaban J connectivity index is 2.58. The Kier molecular flexibility index (Phi) is 8.16. The number of methoxy groups -OCH3 is 1. The number of likely N-dealkylation sites (tertiary alicyclic amines) is 1. The van der Waals surface area contributed by atoms with Gasteiger partial charge in [-0.2, -0.15) is 0 Å². The molecule has 0 bridgehead atoms. The van der Waals surface area contributed by atoms with Gasteiger partial charge in [-0.15, -0.1) is 0 Å². The second-order valence-electron chi connectivity index (χ2n) is 5.66. The standard InChI is InChI=1S/C16H31N3O2/c1-5-13(6-2)12-18-16(17-7-3)19-10-8-14(9-11-19)15(20)21-4/h13-14H,5-12H2,1-4H3,(H,17,18). The van der Waals surface area contributed by atoms with Crippen LogP contribution >= 0.6 is 0 Å². The van der Waals surface area contributed by atoms with Crippen molar-refractivity contribution >= 4 is 11.9 Å². The summed E-state index contributed by atoms with van der Waals surface area (Å²) in [5.41, 5.74) is 0. The number of guanidine groups is 1. The maximum absolute atomic E-state index is 11.6. The van der Waals surface area contributed by atoms with Gasteiger partial charge in [0.2, 0.25) is 0 Å². The third kappa shape index (κ3) is 5.56. The van der Waals surface area contributed by atoms with Gasteiger partial charge in [0.05, 0.1) is 13.0 Å². The molecule has 1 rings (SSSR count). The van der Waals surface area contributed by atoms with Crippen molar-refractivity contribution in [2.45, 2.75) is 46.5 Å². The average Bonchev–Trinajstić information content (AvgIpc) is 2.54. The Labute approximate surface area is 129 Å². The predicted octanol–water partition coefficient (Wildman–Crippen LogP) is 2.27. The largest absolute Gasteiger partial charge is 0.469 e. The van der Waals surface area contributed by atoms with Gasteiger partial charge in [-0.1, -0.05) is 26.7 Å². The predicted molar refractivity (Wildman–Crippen MR) is 86.4 cm³/mol. The number of hydrogen-bond acceptors (Lipinski definition) is 3. The topological polar surface area (TPSA) is 53.9 Å². The fraction of sp³-hybridized carbons (Fsp3) is 0.875. The number of ether oxygens (including phenoxy) is 1. The summed E-state index contributed by atoms with van der Waals surface area (Å²) in [5, 5.41) is 3.37. The number of nitrogens with one attached hydrogen (secondary N) is 1. The van der Waals surface area contributed by atoms with E-state index in [1.165, 1.54) is 20.0 Å². The molecule has 0 atom stereocenters. The molecule has 1 fully saturated rings. The van der Waals surface area contributed by atoms with Gasteiger partial charge < -0.3 is 15.0 Å². The Bertz CT molecular complexity index is 332. The molecule has 1 N–H and O–H groups in total. The van der Waals surface area contributed by atoms with Crippen molar-refractivity contribution in [3.63, 3.8) is 0 Å². The lowest BCUT2D eigenvalue weighted by atomic mass is 9.97. The van der Waals surface area contributed by atoms with E-state index in [0.29, 0.717) is 5.92 Å². The Hall–Kier alpha value is -1.26. The zero-order valence-corrected chi connectivity index (χ0v) is 14.0. The molecule has 1 aliphatic rings. The molecule has 0 unspecified atom stereocenters. The van der Waals surface area contributed by atoms with E-state index in [4.69, 9.17) is 9.73 Å². The highest BCUT2D eigenvalue weighted by molar-refractivity contribution is 5.80. The maximum atomic E-state index is 11.6. The molecular formula is C16H31N3O2. The second kappa shape index (κ2) is 9.64. The van der Waals surface area contributed by atoms with Crippen LogP contribution in [0, 0.1) is 11.8 Å². The van der Waals surface area contributed by atoms with Gasteiger partial charge in [-0.25, -0.2) is 0 Å². The number of carbonyl (C=O) groups is 1. The summed E-state index contributed by atoms with van der Waals surface area (Å²) in [5.74, 6) is 1.63. The van der Waals surface area contributed by atoms with E-state index in [2.05, 4.69) is 31.0 Å². The monoisotopic (exact) mass is 297 g/mol. The van der Waals surface area contributed by atoms with Crippen LogP contribution < -0.4 is 5.32 Å². The highest BCUT2D eigenvalue weighted by atomic mass is 16.5. The first kappa shape index (κ1) is 17.8. The molecule has 0 aromatic heterocycles. The first-order chi connectivity index (χ1) is 10.2. The molecule has 0 aromatic rings. The van der Waals surface area contributed by atoms with Gasteiger partial charge in [0.1, 0.15) is 0 Å². The third-order valence-corrected chi connectivity index (χ3v) is 4.32. The molecule has 1 saturated heterocycles. The molecule has 0 saturated carbocycles. The Morgan fingerprint density at radius 2 is 1.90 bits per heavy atom. The highest BCUT2D eigenvalue weighted by Gasteiger charge is 2.26. The van der Waals surface area contributed by atoms with Crippen molar-refractivity contribution in [1.82, 2.24) is 10.2 Å². The van der Waals surface area contributed by atoms with Gasteiger partial charge in [0, 0.05) is 26.2 Å². The minimum absolute atomic E-state index is 0.0492. The van der Waals surface area contributed by atoms with Crippen molar-refractivity contribution in [1.29, 1.82) is 0 Å². The molecule has 0 amide bonds. The number of nitrogens with zero attached hydrogens (tertiary/aromatic N) is 2. The van der Waals surface area contributed by atoms with Crippen molar-refractivity contribution in [3.05, 3.63) is 0 Å². The van der Waals surface area contributed by atoms with E-state index in [0.717, 1.165) is 45.0 Å². The van der Waals surface area contributed by atoms with Crippen LogP contribution in [0.1, 0.15) is 46.5 Å². The fourth-order valence-electron chi connectivity index (χ4n) is 2.68. The molecular weight excluding hydrogens is 266 g/mol. The molecule has 0 radical (unpaired) electrons. The zero-order chi connectivity index (χ0) is 15.7. The third-order valence-electron chi connectivity index (χ3n) is 4.32. The van der Waals surface area contributed by atoms with E-state index in [1.54, 1.807) is 0 Å². The number of aliphatic imine (C=N–C) groups is 1.